The van der Waals surface area contributed by atoms with Gasteiger partial charge < -0.3 is 0 Å². The lowest BCUT2D eigenvalue weighted by Crippen LogP contribution is -2.18. The third-order valence-electron chi connectivity index (χ3n) is 5.45. The molecule has 0 nitrogen and oxygen atoms in total. The highest BCUT2D eigenvalue weighted by atomic mass is 127. The van der Waals surface area contributed by atoms with E-state index in [9.17, 15) is 0 Å². The average Bonchev–Trinajstić information content (AvgIpc) is 2.72. The van der Waals surface area contributed by atoms with E-state index in [1.807, 2.05) is 0 Å². The van der Waals surface area contributed by atoms with E-state index in [4.69, 9.17) is 0 Å². The van der Waals surface area contributed by atoms with Crippen LogP contribution in [0.3, 0.4) is 0 Å². The van der Waals surface area contributed by atoms with E-state index in [0.29, 0.717) is 0 Å². The summed E-state index contributed by atoms with van der Waals surface area (Å²) in [7, 11) is 0. The van der Waals surface area contributed by atoms with Gasteiger partial charge in [-0.25, -0.2) is 0 Å². The van der Waals surface area contributed by atoms with E-state index in [2.05, 4.69) is 122 Å². The summed E-state index contributed by atoms with van der Waals surface area (Å²) in [5.41, 5.74) is 6.30. The molecule has 0 unspecified atom stereocenters. The molecule has 27 heavy (non-hydrogen) atoms. The van der Waals surface area contributed by atoms with Crippen LogP contribution in [-0.4, -0.2) is 0 Å². The Hall–Kier alpha value is -2.13. The van der Waals surface area contributed by atoms with Gasteiger partial charge in [0.2, 0.25) is 0 Å². The van der Waals surface area contributed by atoms with Crippen molar-refractivity contribution in [2.24, 2.45) is 0 Å². The van der Waals surface area contributed by atoms with Crippen molar-refractivity contribution < 1.29 is 0 Å². The van der Waals surface area contributed by atoms with Gasteiger partial charge in [0, 0.05) is 3.57 Å². The number of benzene rings is 3. The molecule has 0 saturated carbocycles. The maximum atomic E-state index is 4.31. The van der Waals surface area contributed by atoms with Gasteiger partial charge in [-0.3, -0.25) is 0 Å². The van der Waals surface area contributed by atoms with Gasteiger partial charge in [0.25, 0.3) is 0 Å². The Morgan fingerprint density at radius 1 is 0.889 bits per heavy atom. The normalized spacial score (nSPS) is 18.3. The SMILES string of the molecule is C=C1/C=C\C=C/CC(C)(C)c2cc(-c3ccc(I)c4ccccc34)ccc21. The number of rotatable bonds is 1. The number of hydrogen-bond acceptors (Lipinski definition) is 0. The molecule has 3 aromatic rings. The molecule has 1 aliphatic rings. The van der Waals surface area contributed by atoms with Gasteiger partial charge in [-0.15, -0.1) is 0 Å². The first-order valence-corrected chi connectivity index (χ1v) is 10.4. The fraction of sp³-hybridized carbons (Fsp3) is 0.154. The molecule has 0 aliphatic heterocycles. The molecule has 3 aromatic carbocycles. The van der Waals surface area contributed by atoms with E-state index < -0.39 is 0 Å². The summed E-state index contributed by atoms with van der Waals surface area (Å²) in [4.78, 5) is 0. The van der Waals surface area contributed by atoms with Crippen LogP contribution < -0.4 is 0 Å². The van der Waals surface area contributed by atoms with Gasteiger partial charge in [0.15, 0.2) is 0 Å². The molecular weight excluding hydrogens is 439 g/mol. The summed E-state index contributed by atoms with van der Waals surface area (Å²) in [6, 6.07) is 20.0. The van der Waals surface area contributed by atoms with E-state index in [0.717, 1.165) is 12.0 Å². The quantitative estimate of drug-likeness (QED) is 0.322. The Kier molecular flexibility index (Phi) is 4.81. The Balaban J connectivity index is 1.96. The molecular formula is C26H23I. The highest BCUT2D eigenvalue weighted by Crippen LogP contribution is 2.39. The molecule has 0 saturated heterocycles. The maximum absolute atomic E-state index is 4.31. The first kappa shape index (κ1) is 18.2. The second-order valence-corrected chi connectivity index (χ2v) is 8.96. The minimum absolute atomic E-state index is 0.0514. The monoisotopic (exact) mass is 462 g/mol. The smallest absolute Gasteiger partial charge is 0.0209 e. The number of hydrogen-bond donors (Lipinski definition) is 0. The van der Waals surface area contributed by atoms with Crippen molar-refractivity contribution in [3.05, 3.63) is 100 Å². The lowest BCUT2D eigenvalue weighted by Gasteiger charge is -2.27. The second-order valence-electron chi connectivity index (χ2n) is 7.80. The molecule has 0 N–H and O–H groups in total. The summed E-state index contributed by atoms with van der Waals surface area (Å²) in [5, 5.41) is 2.62. The minimum atomic E-state index is 0.0514. The van der Waals surface area contributed by atoms with Crippen LogP contribution in [-0.2, 0) is 5.41 Å². The Labute approximate surface area is 175 Å². The van der Waals surface area contributed by atoms with E-state index >= 15 is 0 Å². The molecule has 0 aromatic heterocycles. The lowest BCUT2D eigenvalue weighted by atomic mass is 9.76. The molecule has 4 rings (SSSR count). The van der Waals surface area contributed by atoms with E-state index in [1.54, 1.807) is 0 Å². The molecule has 0 fully saturated rings. The zero-order chi connectivity index (χ0) is 19.0. The summed E-state index contributed by atoms with van der Waals surface area (Å²) >= 11 is 2.42. The zero-order valence-corrected chi connectivity index (χ0v) is 18.0. The van der Waals surface area contributed by atoms with Crippen LogP contribution in [0.25, 0.3) is 27.5 Å². The molecule has 0 amide bonds. The van der Waals surface area contributed by atoms with Crippen LogP contribution in [0.15, 0.2) is 85.5 Å². The highest BCUT2D eigenvalue weighted by Gasteiger charge is 2.24. The third-order valence-corrected chi connectivity index (χ3v) is 6.39. The summed E-state index contributed by atoms with van der Waals surface area (Å²) in [5.74, 6) is 0. The van der Waals surface area contributed by atoms with Crippen molar-refractivity contribution in [3.8, 4) is 11.1 Å². The first-order valence-electron chi connectivity index (χ1n) is 9.32. The largest absolute Gasteiger partial charge is 0.0911 e. The minimum Gasteiger partial charge on any atom is -0.0911 e. The lowest BCUT2D eigenvalue weighted by molar-refractivity contribution is 0.533. The molecule has 1 heteroatoms. The summed E-state index contributed by atoms with van der Waals surface area (Å²) in [6.45, 7) is 8.95. The van der Waals surface area contributed by atoms with Crippen molar-refractivity contribution in [2.75, 3.05) is 0 Å². The van der Waals surface area contributed by atoms with Gasteiger partial charge in [-0.05, 0) is 85.2 Å². The zero-order valence-electron chi connectivity index (χ0n) is 15.8. The van der Waals surface area contributed by atoms with Crippen molar-refractivity contribution in [1.29, 1.82) is 0 Å². The van der Waals surface area contributed by atoms with Crippen molar-refractivity contribution >= 4 is 38.9 Å². The Morgan fingerprint density at radius 2 is 1.63 bits per heavy atom. The van der Waals surface area contributed by atoms with Crippen LogP contribution in [0, 0.1) is 3.57 Å². The maximum Gasteiger partial charge on any atom is 0.0209 e. The summed E-state index contributed by atoms with van der Waals surface area (Å²) in [6.07, 6.45) is 9.59. The third kappa shape index (κ3) is 3.41. The van der Waals surface area contributed by atoms with Crippen LogP contribution in [0.4, 0.5) is 0 Å². The van der Waals surface area contributed by atoms with Gasteiger partial charge in [0.1, 0.15) is 0 Å². The molecule has 134 valence electrons. The molecule has 0 spiro atoms. The van der Waals surface area contributed by atoms with Crippen LogP contribution in [0.2, 0.25) is 0 Å². The number of fused-ring (bicyclic) bond motifs is 2. The highest BCUT2D eigenvalue weighted by molar-refractivity contribution is 14.1. The predicted octanol–water partition coefficient (Wildman–Crippen LogP) is 7.92. The van der Waals surface area contributed by atoms with Crippen molar-refractivity contribution in [3.63, 3.8) is 0 Å². The van der Waals surface area contributed by atoms with Gasteiger partial charge in [-0.1, -0.05) is 87.2 Å². The second kappa shape index (κ2) is 7.12. The topological polar surface area (TPSA) is 0 Å². The molecule has 0 radical (unpaired) electrons. The Morgan fingerprint density at radius 3 is 2.44 bits per heavy atom. The number of halogens is 1. The van der Waals surface area contributed by atoms with E-state index in [1.165, 1.54) is 36.6 Å². The van der Waals surface area contributed by atoms with Crippen molar-refractivity contribution in [1.82, 2.24) is 0 Å². The predicted molar refractivity (Wildman–Crippen MR) is 127 cm³/mol. The van der Waals surface area contributed by atoms with E-state index in [-0.39, 0.29) is 5.41 Å². The molecule has 0 bridgehead atoms. The fourth-order valence-corrected chi connectivity index (χ4v) is 4.53. The van der Waals surface area contributed by atoms with Crippen LogP contribution >= 0.6 is 22.6 Å². The fourth-order valence-electron chi connectivity index (χ4n) is 3.88. The average molecular weight is 462 g/mol. The molecule has 0 atom stereocenters. The van der Waals surface area contributed by atoms with Crippen LogP contribution in [0.5, 0.6) is 0 Å². The summed E-state index contributed by atoms with van der Waals surface area (Å²) < 4.78 is 1.29. The molecule has 1 aliphatic carbocycles. The van der Waals surface area contributed by atoms with Crippen molar-refractivity contribution in [2.45, 2.75) is 25.7 Å². The first-order chi connectivity index (χ1) is 13.0. The molecule has 0 heterocycles. The number of allylic oxidation sites excluding steroid dienone is 5. The Bertz CT molecular complexity index is 1100. The van der Waals surface area contributed by atoms with Gasteiger partial charge in [-0.2, -0.15) is 0 Å². The standard InChI is InChI=1S/C26H23I/c1-18-9-5-4-8-16-26(2,3)24-17-19(12-13-20(18)24)21-14-15-25(27)23-11-7-6-10-22(21)23/h4-15,17H,1,16H2,2-3H3/b8-4-,9-5-. The van der Waals surface area contributed by atoms with Gasteiger partial charge in [0.05, 0.1) is 0 Å². The van der Waals surface area contributed by atoms with Crippen LogP contribution in [0.1, 0.15) is 31.4 Å². The van der Waals surface area contributed by atoms with Gasteiger partial charge >= 0.3 is 0 Å².